The number of nitrogens with one attached hydrogen (secondary N) is 1. The molecule has 0 heterocycles. The number of rotatable bonds is 7. The lowest BCUT2D eigenvalue weighted by atomic mass is 10.2. The van der Waals surface area contributed by atoms with Crippen molar-refractivity contribution in [1.82, 2.24) is 5.32 Å². The topological polar surface area (TPSA) is 55.4 Å². The fourth-order valence-corrected chi connectivity index (χ4v) is 2.23. The Morgan fingerprint density at radius 2 is 1.84 bits per heavy atom. The molecule has 0 saturated carbocycles. The molecule has 0 unspecified atom stereocenters. The summed E-state index contributed by atoms with van der Waals surface area (Å²) in [5.41, 5.74) is -0.542. The molecule has 0 bridgehead atoms. The van der Waals surface area contributed by atoms with E-state index in [9.17, 15) is 9.59 Å². The quantitative estimate of drug-likeness (QED) is 0.725. The zero-order valence-electron chi connectivity index (χ0n) is 12.7. The Balaban J connectivity index is 3.84. The predicted octanol–water partition coefficient (Wildman–Crippen LogP) is 3.74. The van der Waals surface area contributed by atoms with Crippen LogP contribution in [-0.4, -0.2) is 28.6 Å². The summed E-state index contributed by atoms with van der Waals surface area (Å²) in [5, 5.41) is 2.55. The third kappa shape index (κ3) is 10.9. The number of thioether (sulfide) groups is 1. The molecule has 19 heavy (non-hydrogen) atoms. The highest BCUT2D eigenvalue weighted by molar-refractivity contribution is 8.13. The third-order valence-corrected chi connectivity index (χ3v) is 3.46. The number of ether oxygens (including phenoxy) is 1. The highest BCUT2D eigenvalue weighted by Gasteiger charge is 2.20. The molecule has 0 aromatic rings. The Kier molecular flexibility index (Phi) is 8.89. The third-order valence-electron chi connectivity index (χ3n) is 2.33. The lowest BCUT2D eigenvalue weighted by molar-refractivity contribution is -0.112. The van der Waals surface area contributed by atoms with Gasteiger partial charge in [0.05, 0.1) is 6.04 Å². The van der Waals surface area contributed by atoms with Crippen LogP contribution in [0, 0.1) is 0 Å². The zero-order chi connectivity index (χ0) is 14.9. The number of hydrogen-bond donors (Lipinski definition) is 1. The molecule has 112 valence electrons. The van der Waals surface area contributed by atoms with Gasteiger partial charge in [-0.1, -0.05) is 37.9 Å². The second kappa shape index (κ2) is 9.23. The van der Waals surface area contributed by atoms with E-state index in [4.69, 9.17) is 4.74 Å². The molecule has 0 spiro atoms. The molecular formula is C14H27NO3S. The van der Waals surface area contributed by atoms with E-state index in [1.807, 2.05) is 0 Å². The van der Waals surface area contributed by atoms with Crippen molar-refractivity contribution in [3.8, 4) is 0 Å². The van der Waals surface area contributed by atoms with Crippen molar-refractivity contribution >= 4 is 23.0 Å². The molecule has 5 heteroatoms. The summed E-state index contributed by atoms with van der Waals surface area (Å²) in [7, 11) is 0. The van der Waals surface area contributed by atoms with Crippen LogP contribution in [0.4, 0.5) is 4.79 Å². The maximum atomic E-state index is 11.8. The van der Waals surface area contributed by atoms with E-state index in [-0.39, 0.29) is 5.12 Å². The normalized spacial score (nSPS) is 12.9. The van der Waals surface area contributed by atoms with Gasteiger partial charge in [0.1, 0.15) is 5.60 Å². The highest BCUT2D eigenvalue weighted by Crippen LogP contribution is 2.12. The molecule has 4 nitrogen and oxygen atoms in total. The van der Waals surface area contributed by atoms with E-state index >= 15 is 0 Å². The van der Waals surface area contributed by atoms with E-state index < -0.39 is 17.7 Å². The van der Waals surface area contributed by atoms with Crippen molar-refractivity contribution < 1.29 is 14.3 Å². The SMILES string of the molecule is CCCCCCSC(=O)[C@H](C)NC(=O)OC(C)(C)C. The first-order valence-corrected chi connectivity index (χ1v) is 7.91. The van der Waals surface area contributed by atoms with Gasteiger partial charge < -0.3 is 10.1 Å². The number of alkyl carbamates (subject to hydrolysis) is 1. The van der Waals surface area contributed by atoms with Gasteiger partial charge in [0, 0.05) is 5.75 Å². The fraction of sp³-hybridized carbons (Fsp3) is 0.857. The van der Waals surface area contributed by atoms with Crippen molar-refractivity contribution in [3.05, 3.63) is 0 Å². The maximum absolute atomic E-state index is 11.8. The van der Waals surface area contributed by atoms with Crippen LogP contribution < -0.4 is 5.32 Å². The summed E-state index contributed by atoms with van der Waals surface area (Å²) in [6.07, 6.45) is 4.06. The van der Waals surface area contributed by atoms with E-state index in [0.717, 1.165) is 18.6 Å². The minimum atomic E-state index is -0.542. The molecule has 0 aliphatic carbocycles. The summed E-state index contributed by atoms with van der Waals surface area (Å²) in [5.74, 6) is 0.819. The lowest BCUT2D eigenvalue weighted by Crippen LogP contribution is -2.40. The second-order valence-electron chi connectivity index (χ2n) is 5.60. The van der Waals surface area contributed by atoms with Gasteiger partial charge in [-0.3, -0.25) is 4.79 Å². The highest BCUT2D eigenvalue weighted by atomic mass is 32.2. The predicted molar refractivity (Wildman–Crippen MR) is 80.4 cm³/mol. The van der Waals surface area contributed by atoms with Gasteiger partial charge in [0.15, 0.2) is 0 Å². The van der Waals surface area contributed by atoms with Crippen molar-refractivity contribution in [2.75, 3.05) is 5.75 Å². The zero-order valence-corrected chi connectivity index (χ0v) is 13.6. The number of hydrogen-bond acceptors (Lipinski definition) is 4. The molecular weight excluding hydrogens is 262 g/mol. The van der Waals surface area contributed by atoms with Crippen molar-refractivity contribution in [3.63, 3.8) is 0 Å². The van der Waals surface area contributed by atoms with Gasteiger partial charge >= 0.3 is 6.09 Å². The first-order chi connectivity index (χ1) is 8.76. The van der Waals surface area contributed by atoms with E-state index in [1.54, 1.807) is 27.7 Å². The number of carbonyl (C=O) groups excluding carboxylic acids is 2. The number of unbranched alkanes of at least 4 members (excludes halogenated alkanes) is 3. The average Bonchev–Trinajstić information content (AvgIpc) is 2.25. The Labute approximate surface area is 121 Å². The average molecular weight is 289 g/mol. The summed E-state index contributed by atoms with van der Waals surface area (Å²) in [4.78, 5) is 23.3. The Morgan fingerprint density at radius 1 is 1.21 bits per heavy atom. The molecule has 1 N–H and O–H groups in total. The van der Waals surface area contributed by atoms with E-state index in [0.29, 0.717) is 0 Å². The second-order valence-corrected chi connectivity index (χ2v) is 6.70. The van der Waals surface area contributed by atoms with Gasteiger partial charge in [0.25, 0.3) is 0 Å². The minimum Gasteiger partial charge on any atom is -0.444 e. The standard InChI is InChI=1S/C14H27NO3S/c1-6-7-8-9-10-19-12(16)11(2)15-13(17)18-14(3,4)5/h11H,6-10H2,1-5H3,(H,15,17)/t11-/m0/s1. The van der Waals surface area contributed by atoms with Crippen LogP contribution in [0.25, 0.3) is 0 Å². The molecule has 0 aromatic heterocycles. The molecule has 1 amide bonds. The first kappa shape index (κ1) is 18.3. The van der Waals surface area contributed by atoms with E-state index in [2.05, 4.69) is 12.2 Å². The smallest absolute Gasteiger partial charge is 0.408 e. The Morgan fingerprint density at radius 3 is 2.37 bits per heavy atom. The van der Waals surface area contributed by atoms with Gasteiger partial charge in [-0.25, -0.2) is 4.79 Å². The first-order valence-electron chi connectivity index (χ1n) is 6.92. The van der Waals surface area contributed by atoms with Crippen LogP contribution in [0.1, 0.15) is 60.3 Å². The number of amides is 1. The summed E-state index contributed by atoms with van der Waals surface area (Å²) in [6.45, 7) is 9.22. The van der Waals surface area contributed by atoms with Crippen LogP contribution in [0.3, 0.4) is 0 Å². The van der Waals surface area contributed by atoms with Crippen molar-refractivity contribution in [2.24, 2.45) is 0 Å². The number of carbonyl (C=O) groups is 2. The molecule has 0 aromatic carbocycles. The summed E-state index contributed by atoms with van der Waals surface area (Å²) in [6, 6.07) is -0.508. The summed E-state index contributed by atoms with van der Waals surface area (Å²) < 4.78 is 5.10. The summed E-state index contributed by atoms with van der Waals surface area (Å²) >= 11 is 1.29. The van der Waals surface area contributed by atoms with Crippen LogP contribution in [0.2, 0.25) is 0 Å². The minimum absolute atomic E-state index is 0.0117. The van der Waals surface area contributed by atoms with Crippen molar-refractivity contribution in [1.29, 1.82) is 0 Å². The fourth-order valence-electron chi connectivity index (χ4n) is 1.37. The lowest BCUT2D eigenvalue weighted by Gasteiger charge is -2.21. The van der Waals surface area contributed by atoms with Crippen LogP contribution in [-0.2, 0) is 9.53 Å². The van der Waals surface area contributed by atoms with Gasteiger partial charge in [-0.15, -0.1) is 0 Å². The Bertz CT molecular complexity index is 287. The maximum Gasteiger partial charge on any atom is 0.408 e. The van der Waals surface area contributed by atoms with Crippen molar-refractivity contribution in [2.45, 2.75) is 71.9 Å². The molecule has 1 atom stereocenters. The van der Waals surface area contributed by atoms with Gasteiger partial charge in [-0.05, 0) is 34.1 Å². The van der Waals surface area contributed by atoms with E-state index in [1.165, 1.54) is 24.6 Å². The van der Waals surface area contributed by atoms with Gasteiger partial charge in [-0.2, -0.15) is 0 Å². The molecule has 0 fully saturated rings. The van der Waals surface area contributed by atoms with Crippen LogP contribution in [0.15, 0.2) is 0 Å². The van der Waals surface area contributed by atoms with Crippen LogP contribution >= 0.6 is 11.8 Å². The van der Waals surface area contributed by atoms with Crippen LogP contribution in [0.5, 0.6) is 0 Å². The molecule has 0 aliphatic rings. The van der Waals surface area contributed by atoms with Gasteiger partial charge in [0.2, 0.25) is 5.12 Å². The monoisotopic (exact) mass is 289 g/mol. The Hall–Kier alpha value is -0.710. The molecule has 0 radical (unpaired) electrons. The molecule has 0 saturated heterocycles. The molecule has 0 rings (SSSR count). The molecule has 0 aliphatic heterocycles. The largest absolute Gasteiger partial charge is 0.444 e.